The highest BCUT2D eigenvalue weighted by molar-refractivity contribution is 7.19. The molecule has 0 amide bonds. The molecule has 2 aliphatic carbocycles. The van der Waals surface area contributed by atoms with E-state index in [1.54, 1.807) is 37.7 Å². The number of aromatic carboxylic acids is 1. The fraction of sp³-hybridized carbons (Fsp3) is 0.464. The van der Waals surface area contributed by atoms with E-state index >= 15 is 0 Å². The Hall–Kier alpha value is -2.61. The van der Waals surface area contributed by atoms with Crippen molar-refractivity contribution in [1.82, 2.24) is 0 Å². The summed E-state index contributed by atoms with van der Waals surface area (Å²) < 4.78 is 18.8. The maximum Gasteiger partial charge on any atom is 0.336 e. The molecular formula is C28H32O6S. The number of carboxylic acids is 1. The minimum absolute atomic E-state index is 0.0654. The van der Waals surface area contributed by atoms with Crippen molar-refractivity contribution in [2.45, 2.75) is 63.3 Å². The Morgan fingerprint density at radius 2 is 1.83 bits per heavy atom. The number of ether oxygens (including phenoxy) is 3. The Bertz CT molecular complexity index is 1220. The third kappa shape index (κ3) is 4.53. The zero-order valence-corrected chi connectivity index (χ0v) is 21.2. The second-order valence-corrected chi connectivity index (χ2v) is 11.0. The van der Waals surface area contributed by atoms with Gasteiger partial charge in [0.2, 0.25) is 0 Å². The summed E-state index contributed by atoms with van der Waals surface area (Å²) in [6.07, 6.45) is 5.34. The third-order valence-corrected chi connectivity index (χ3v) is 8.70. The number of aliphatic hydroxyl groups is 1. The second kappa shape index (κ2) is 9.45. The molecule has 0 spiro atoms. The predicted octanol–water partition coefficient (Wildman–Crippen LogP) is 5.92. The smallest absolute Gasteiger partial charge is 0.336 e. The van der Waals surface area contributed by atoms with Crippen LogP contribution in [0.4, 0.5) is 0 Å². The van der Waals surface area contributed by atoms with Crippen LogP contribution in [0.15, 0.2) is 36.4 Å². The molecular weight excluding hydrogens is 464 g/mol. The number of hydrogen-bond donors (Lipinski definition) is 2. The number of methoxy groups -OCH3 is 2. The van der Waals surface area contributed by atoms with Gasteiger partial charge in [-0.1, -0.05) is 18.9 Å². The topological polar surface area (TPSA) is 85.2 Å². The van der Waals surface area contributed by atoms with Gasteiger partial charge in [0.1, 0.15) is 11.5 Å². The minimum Gasteiger partial charge on any atom is -0.496 e. The molecule has 35 heavy (non-hydrogen) atoms. The van der Waals surface area contributed by atoms with E-state index in [0.29, 0.717) is 23.5 Å². The largest absolute Gasteiger partial charge is 0.496 e. The molecule has 6 nitrogen and oxygen atoms in total. The molecule has 2 aromatic carbocycles. The van der Waals surface area contributed by atoms with E-state index in [1.165, 1.54) is 12.8 Å². The van der Waals surface area contributed by atoms with E-state index < -0.39 is 17.7 Å². The Morgan fingerprint density at radius 3 is 2.46 bits per heavy atom. The molecule has 2 saturated carbocycles. The van der Waals surface area contributed by atoms with E-state index in [1.807, 2.05) is 31.2 Å². The van der Waals surface area contributed by atoms with Crippen LogP contribution in [0.3, 0.4) is 0 Å². The quantitative estimate of drug-likeness (QED) is 0.383. The van der Waals surface area contributed by atoms with Crippen LogP contribution in [-0.2, 0) is 11.2 Å². The molecule has 2 aliphatic rings. The zero-order chi connectivity index (χ0) is 24.7. The molecule has 3 aromatic rings. The Kier molecular flexibility index (Phi) is 6.51. The first-order valence-corrected chi connectivity index (χ1v) is 13.0. The maximum atomic E-state index is 11.7. The second-order valence-electron chi connectivity index (χ2n) is 9.81. The number of rotatable bonds is 9. The molecule has 3 atom stereocenters. The molecule has 0 aliphatic heterocycles. The van der Waals surface area contributed by atoms with Gasteiger partial charge in [-0.05, 0) is 62.1 Å². The molecule has 7 heteroatoms. The standard InChI is InChI=1S/C28H32O6S/c1-16-23(32-2)11-17(12-24(16)33-3)26(29)22-15-28(22,34-18-7-4-5-8-18)14-19-13-21-20(27(30)31)9-6-10-25(21)35-19/h6,9-13,18,22,26,29H,4-5,7-8,14-15H2,1-3H3,(H,30,31)/t22?,26-,28+/m1/s1. The minimum atomic E-state index is -0.918. The number of carbonyl (C=O) groups is 1. The lowest BCUT2D eigenvalue weighted by Gasteiger charge is -2.25. The summed E-state index contributed by atoms with van der Waals surface area (Å²) in [5.41, 5.74) is 1.51. The Balaban J connectivity index is 1.46. The fourth-order valence-electron chi connectivity index (χ4n) is 5.62. The molecule has 0 saturated heterocycles. The van der Waals surface area contributed by atoms with Gasteiger partial charge in [-0.2, -0.15) is 0 Å². The van der Waals surface area contributed by atoms with Crippen LogP contribution in [0.1, 0.15) is 64.6 Å². The summed E-state index contributed by atoms with van der Waals surface area (Å²) in [6.45, 7) is 1.94. The van der Waals surface area contributed by atoms with Crippen LogP contribution in [-0.4, -0.2) is 42.1 Å². The van der Waals surface area contributed by atoms with Crippen LogP contribution in [0, 0.1) is 12.8 Å². The number of thiophene rings is 1. The van der Waals surface area contributed by atoms with Gasteiger partial charge in [0, 0.05) is 32.9 Å². The van der Waals surface area contributed by atoms with Crippen LogP contribution >= 0.6 is 11.3 Å². The van der Waals surface area contributed by atoms with E-state index in [-0.39, 0.29) is 12.0 Å². The maximum absolute atomic E-state index is 11.7. The summed E-state index contributed by atoms with van der Waals surface area (Å²) >= 11 is 1.61. The van der Waals surface area contributed by atoms with Gasteiger partial charge < -0.3 is 24.4 Å². The number of benzene rings is 2. The average molecular weight is 497 g/mol. The van der Waals surface area contributed by atoms with Crippen molar-refractivity contribution in [3.8, 4) is 11.5 Å². The van der Waals surface area contributed by atoms with E-state index in [4.69, 9.17) is 14.2 Å². The fourth-order valence-corrected chi connectivity index (χ4v) is 6.82. The van der Waals surface area contributed by atoms with E-state index in [2.05, 4.69) is 0 Å². The number of carboxylic acid groups (broad SMARTS) is 1. The first-order valence-electron chi connectivity index (χ1n) is 12.2. The van der Waals surface area contributed by atoms with Crippen LogP contribution in [0.25, 0.3) is 10.1 Å². The van der Waals surface area contributed by atoms with Gasteiger partial charge in [-0.3, -0.25) is 0 Å². The van der Waals surface area contributed by atoms with Gasteiger partial charge in [-0.25, -0.2) is 4.79 Å². The van der Waals surface area contributed by atoms with Gasteiger partial charge >= 0.3 is 5.97 Å². The molecule has 186 valence electrons. The lowest BCUT2D eigenvalue weighted by Crippen LogP contribution is -2.28. The van der Waals surface area contributed by atoms with E-state index in [9.17, 15) is 15.0 Å². The van der Waals surface area contributed by atoms with Gasteiger partial charge in [0.05, 0.1) is 37.6 Å². The molecule has 1 aromatic heterocycles. The first-order chi connectivity index (χ1) is 16.8. The highest BCUT2D eigenvalue weighted by atomic mass is 32.1. The van der Waals surface area contributed by atoms with Gasteiger partial charge in [0.25, 0.3) is 0 Å². The highest BCUT2D eigenvalue weighted by Crippen LogP contribution is 2.58. The molecule has 0 radical (unpaired) electrons. The summed E-state index contributed by atoms with van der Waals surface area (Å²) in [5, 5.41) is 21.8. The lowest BCUT2D eigenvalue weighted by atomic mass is 9.98. The molecule has 5 rings (SSSR count). The summed E-state index contributed by atoms with van der Waals surface area (Å²) in [5.74, 6) is 0.391. The number of hydrogen-bond acceptors (Lipinski definition) is 6. The molecule has 2 fully saturated rings. The number of fused-ring (bicyclic) bond motifs is 1. The van der Waals surface area contributed by atoms with Gasteiger partial charge in [-0.15, -0.1) is 11.3 Å². The van der Waals surface area contributed by atoms with Crippen molar-refractivity contribution in [2.75, 3.05) is 14.2 Å². The first kappa shape index (κ1) is 24.1. The van der Waals surface area contributed by atoms with Crippen molar-refractivity contribution < 1.29 is 29.2 Å². The molecule has 2 N–H and O–H groups in total. The summed E-state index contributed by atoms with van der Waals surface area (Å²) in [6, 6.07) is 11.2. The molecule has 1 unspecified atom stereocenters. The van der Waals surface area contributed by atoms with E-state index in [0.717, 1.165) is 45.4 Å². The lowest BCUT2D eigenvalue weighted by molar-refractivity contribution is -0.0489. The SMILES string of the molecule is COc1cc([C@@H](O)C2C[C@]2(Cc2cc3c(C(=O)O)cccc3s2)OC2CCCC2)cc(OC)c1C. The Labute approximate surface area is 209 Å². The predicted molar refractivity (Wildman–Crippen MR) is 136 cm³/mol. The van der Waals surface area contributed by atoms with Crippen molar-refractivity contribution in [2.24, 2.45) is 5.92 Å². The van der Waals surface area contributed by atoms with Crippen LogP contribution in [0.5, 0.6) is 11.5 Å². The van der Waals surface area contributed by atoms with Crippen LogP contribution in [0.2, 0.25) is 0 Å². The number of aliphatic hydroxyl groups excluding tert-OH is 1. The molecule has 0 bridgehead atoms. The zero-order valence-electron chi connectivity index (χ0n) is 20.4. The van der Waals surface area contributed by atoms with Crippen molar-refractivity contribution >= 4 is 27.4 Å². The summed E-state index contributed by atoms with van der Waals surface area (Å²) in [7, 11) is 3.24. The monoisotopic (exact) mass is 496 g/mol. The van der Waals surface area contributed by atoms with Crippen LogP contribution < -0.4 is 9.47 Å². The highest BCUT2D eigenvalue weighted by Gasteiger charge is 2.60. The molecule has 1 heterocycles. The summed E-state index contributed by atoms with van der Waals surface area (Å²) in [4.78, 5) is 12.8. The van der Waals surface area contributed by atoms with Gasteiger partial charge in [0.15, 0.2) is 0 Å². The van der Waals surface area contributed by atoms with Crippen molar-refractivity contribution in [3.05, 3.63) is 58.0 Å². The van der Waals surface area contributed by atoms with Crippen molar-refractivity contribution in [3.63, 3.8) is 0 Å². The third-order valence-electron chi connectivity index (χ3n) is 7.60. The van der Waals surface area contributed by atoms with Crippen molar-refractivity contribution in [1.29, 1.82) is 0 Å². The normalized spacial score (nSPS) is 22.9. The Morgan fingerprint density at radius 1 is 1.14 bits per heavy atom. The average Bonchev–Trinajstić information content (AvgIpc) is 3.15.